The SMILES string of the molecule is O=S(=O)(c1ccc(Cl)cc1)N1CCN(C2CCCCCCC2)CC1. The summed E-state index contributed by atoms with van der Waals surface area (Å²) < 4.78 is 27.1. The fourth-order valence-electron chi connectivity index (χ4n) is 3.86. The summed E-state index contributed by atoms with van der Waals surface area (Å²) in [5.41, 5.74) is 0. The molecule has 1 aromatic rings. The van der Waals surface area contributed by atoms with Gasteiger partial charge in [0.05, 0.1) is 4.90 Å². The zero-order chi connectivity index (χ0) is 17.0. The third-order valence-corrected chi connectivity index (χ3v) is 7.48. The fraction of sp³-hybridized carbons (Fsp3) is 0.667. The van der Waals surface area contributed by atoms with Crippen LogP contribution in [0, 0.1) is 0 Å². The van der Waals surface area contributed by atoms with Gasteiger partial charge in [0.2, 0.25) is 10.0 Å². The molecule has 1 aromatic carbocycles. The Balaban J connectivity index is 1.60. The van der Waals surface area contributed by atoms with E-state index in [0.29, 0.717) is 29.0 Å². The first-order valence-electron chi connectivity index (χ1n) is 9.07. The van der Waals surface area contributed by atoms with E-state index in [-0.39, 0.29) is 0 Å². The van der Waals surface area contributed by atoms with Crippen LogP contribution in [-0.4, -0.2) is 49.8 Å². The molecule has 1 aliphatic heterocycles. The van der Waals surface area contributed by atoms with Crippen molar-refractivity contribution < 1.29 is 8.42 Å². The number of halogens is 1. The maximum atomic E-state index is 12.7. The predicted molar refractivity (Wildman–Crippen MR) is 97.9 cm³/mol. The Morgan fingerprint density at radius 2 is 1.38 bits per heavy atom. The van der Waals surface area contributed by atoms with Gasteiger partial charge in [0, 0.05) is 37.2 Å². The quantitative estimate of drug-likeness (QED) is 0.813. The molecule has 1 saturated carbocycles. The summed E-state index contributed by atoms with van der Waals surface area (Å²) in [6, 6.07) is 7.11. The van der Waals surface area contributed by atoms with E-state index in [1.165, 1.54) is 44.9 Å². The van der Waals surface area contributed by atoms with Crippen LogP contribution in [0.4, 0.5) is 0 Å². The van der Waals surface area contributed by atoms with Gasteiger partial charge in [-0.3, -0.25) is 4.90 Å². The van der Waals surface area contributed by atoms with Crippen LogP contribution >= 0.6 is 11.6 Å². The van der Waals surface area contributed by atoms with Crippen molar-refractivity contribution in [3.05, 3.63) is 29.3 Å². The second-order valence-corrected chi connectivity index (χ2v) is 9.27. The molecule has 24 heavy (non-hydrogen) atoms. The Labute approximate surface area is 150 Å². The van der Waals surface area contributed by atoms with E-state index >= 15 is 0 Å². The molecule has 134 valence electrons. The summed E-state index contributed by atoms with van der Waals surface area (Å²) in [7, 11) is -3.40. The largest absolute Gasteiger partial charge is 0.298 e. The lowest BCUT2D eigenvalue weighted by atomic mass is 9.95. The minimum Gasteiger partial charge on any atom is -0.298 e. The summed E-state index contributed by atoms with van der Waals surface area (Å²) in [4.78, 5) is 2.85. The van der Waals surface area contributed by atoms with Gasteiger partial charge in [0.25, 0.3) is 0 Å². The molecule has 0 aromatic heterocycles. The molecule has 1 saturated heterocycles. The Morgan fingerprint density at radius 3 is 1.96 bits per heavy atom. The van der Waals surface area contributed by atoms with E-state index in [1.807, 2.05) is 0 Å². The van der Waals surface area contributed by atoms with Crippen LogP contribution in [0.15, 0.2) is 29.2 Å². The highest BCUT2D eigenvalue weighted by molar-refractivity contribution is 7.89. The molecule has 2 aliphatic rings. The molecule has 6 heteroatoms. The van der Waals surface area contributed by atoms with Crippen molar-refractivity contribution >= 4 is 21.6 Å². The average Bonchev–Trinajstić information content (AvgIpc) is 2.55. The van der Waals surface area contributed by atoms with Crippen LogP contribution in [0.2, 0.25) is 5.02 Å². The summed E-state index contributed by atoms with van der Waals surface area (Å²) in [6.07, 6.45) is 9.23. The molecule has 0 N–H and O–H groups in total. The first-order chi connectivity index (χ1) is 11.6. The van der Waals surface area contributed by atoms with E-state index in [4.69, 9.17) is 11.6 Å². The highest BCUT2D eigenvalue weighted by Gasteiger charge is 2.30. The average molecular weight is 371 g/mol. The Bertz CT molecular complexity index is 617. The molecule has 0 spiro atoms. The lowest BCUT2D eigenvalue weighted by Gasteiger charge is -2.39. The number of benzene rings is 1. The molecule has 3 rings (SSSR count). The number of hydrogen-bond donors (Lipinski definition) is 0. The zero-order valence-corrected chi connectivity index (χ0v) is 15.7. The van der Waals surface area contributed by atoms with Gasteiger partial charge in [-0.2, -0.15) is 4.31 Å². The maximum Gasteiger partial charge on any atom is 0.243 e. The van der Waals surface area contributed by atoms with Crippen molar-refractivity contribution in [2.45, 2.75) is 55.9 Å². The Kier molecular flexibility index (Phi) is 6.19. The standard InChI is InChI=1S/C18H27ClN2O2S/c19-16-8-10-18(11-9-16)24(22,23)21-14-12-20(13-15-21)17-6-4-2-1-3-5-7-17/h8-11,17H,1-7,12-15H2. The van der Waals surface area contributed by atoms with Crippen LogP contribution in [-0.2, 0) is 10.0 Å². The minimum atomic E-state index is -3.40. The monoisotopic (exact) mass is 370 g/mol. The van der Waals surface area contributed by atoms with Gasteiger partial charge in [-0.1, -0.05) is 43.7 Å². The van der Waals surface area contributed by atoms with Crippen molar-refractivity contribution in [2.24, 2.45) is 0 Å². The molecular weight excluding hydrogens is 344 g/mol. The van der Waals surface area contributed by atoms with E-state index < -0.39 is 10.0 Å². The van der Waals surface area contributed by atoms with E-state index in [0.717, 1.165) is 13.1 Å². The first-order valence-corrected chi connectivity index (χ1v) is 10.9. The van der Waals surface area contributed by atoms with Gasteiger partial charge in [0.15, 0.2) is 0 Å². The topological polar surface area (TPSA) is 40.6 Å². The van der Waals surface area contributed by atoms with E-state index in [2.05, 4.69) is 4.90 Å². The smallest absolute Gasteiger partial charge is 0.243 e. The van der Waals surface area contributed by atoms with Crippen LogP contribution < -0.4 is 0 Å². The molecule has 1 aliphatic carbocycles. The molecule has 0 unspecified atom stereocenters. The molecule has 2 fully saturated rings. The molecule has 0 bridgehead atoms. The summed E-state index contributed by atoms with van der Waals surface area (Å²) in [5.74, 6) is 0. The van der Waals surface area contributed by atoms with Crippen LogP contribution in [0.1, 0.15) is 44.9 Å². The minimum absolute atomic E-state index is 0.339. The number of rotatable bonds is 3. The van der Waals surface area contributed by atoms with Gasteiger partial charge >= 0.3 is 0 Å². The van der Waals surface area contributed by atoms with Crippen molar-refractivity contribution in [2.75, 3.05) is 26.2 Å². The number of nitrogens with zero attached hydrogens (tertiary/aromatic N) is 2. The Morgan fingerprint density at radius 1 is 0.833 bits per heavy atom. The number of piperazine rings is 1. The Hall–Kier alpha value is -0.620. The molecule has 0 amide bonds. The molecule has 4 nitrogen and oxygen atoms in total. The molecule has 0 atom stereocenters. The van der Waals surface area contributed by atoms with E-state index in [1.54, 1.807) is 28.6 Å². The lowest BCUT2D eigenvalue weighted by molar-refractivity contribution is 0.118. The van der Waals surface area contributed by atoms with Crippen LogP contribution in [0.5, 0.6) is 0 Å². The normalized spacial score (nSPS) is 22.9. The fourth-order valence-corrected chi connectivity index (χ4v) is 5.41. The van der Waals surface area contributed by atoms with Crippen molar-refractivity contribution in [1.82, 2.24) is 9.21 Å². The van der Waals surface area contributed by atoms with Crippen LogP contribution in [0.25, 0.3) is 0 Å². The van der Waals surface area contributed by atoms with Crippen molar-refractivity contribution in [1.29, 1.82) is 0 Å². The third-order valence-electron chi connectivity index (χ3n) is 5.32. The molecular formula is C18H27ClN2O2S. The van der Waals surface area contributed by atoms with Gasteiger partial charge in [0.1, 0.15) is 0 Å². The van der Waals surface area contributed by atoms with Gasteiger partial charge in [-0.15, -0.1) is 0 Å². The van der Waals surface area contributed by atoms with Gasteiger partial charge < -0.3 is 0 Å². The lowest BCUT2D eigenvalue weighted by Crippen LogP contribution is -2.51. The molecule has 1 heterocycles. The molecule has 0 radical (unpaired) electrons. The highest BCUT2D eigenvalue weighted by atomic mass is 35.5. The second-order valence-electron chi connectivity index (χ2n) is 6.89. The van der Waals surface area contributed by atoms with Crippen molar-refractivity contribution in [3.63, 3.8) is 0 Å². The second kappa shape index (κ2) is 8.17. The summed E-state index contributed by atoms with van der Waals surface area (Å²) in [6.45, 7) is 2.86. The zero-order valence-electron chi connectivity index (χ0n) is 14.2. The summed E-state index contributed by atoms with van der Waals surface area (Å²) in [5, 5.41) is 0.558. The number of sulfonamides is 1. The van der Waals surface area contributed by atoms with Crippen molar-refractivity contribution in [3.8, 4) is 0 Å². The van der Waals surface area contributed by atoms with E-state index in [9.17, 15) is 8.42 Å². The highest BCUT2D eigenvalue weighted by Crippen LogP contribution is 2.24. The van der Waals surface area contributed by atoms with Gasteiger partial charge in [-0.05, 0) is 37.1 Å². The maximum absolute atomic E-state index is 12.7. The summed E-state index contributed by atoms with van der Waals surface area (Å²) >= 11 is 5.86. The predicted octanol–water partition coefficient (Wildman–Crippen LogP) is 3.76. The third kappa shape index (κ3) is 4.31. The number of hydrogen-bond acceptors (Lipinski definition) is 3. The van der Waals surface area contributed by atoms with Gasteiger partial charge in [-0.25, -0.2) is 8.42 Å². The first kappa shape index (κ1) is 18.2. The van der Waals surface area contributed by atoms with Crippen LogP contribution in [0.3, 0.4) is 0 Å².